The monoisotopic (exact) mass is 345 g/mol. The van der Waals surface area contributed by atoms with Crippen molar-refractivity contribution in [3.8, 4) is 11.5 Å². The molecule has 1 N–H and O–H groups in total. The van der Waals surface area contributed by atoms with Gasteiger partial charge >= 0.3 is 5.91 Å². The first-order valence-corrected chi connectivity index (χ1v) is 7.31. The molecule has 5 nitrogen and oxygen atoms in total. The van der Waals surface area contributed by atoms with Crippen LogP contribution in [-0.4, -0.2) is 23.3 Å². The molecule has 1 aliphatic rings. The van der Waals surface area contributed by atoms with Crippen molar-refractivity contribution in [2.24, 2.45) is 0 Å². The summed E-state index contributed by atoms with van der Waals surface area (Å²) in [5.74, 6) is -1.09. The van der Waals surface area contributed by atoms with Crippen molar-refractivity contribution < 1.29 is 23.8 Å². The Kier molecular flexibility index (Phi) is 4.18. The van der Waals surface area contributed by atoms with Gasteiger partial charge in [0.25, 0.3) is 5.17 Å². The van der Waals surface area contributed by atoms with Crippen LogP contribution in [0.5, 0.6) is 11.5 Å². The van der Waals surface area contributed by atoms with Gasteiger partial charge in [0.15, 0.2) is 17.3 Å². The average Bonchev–Trinajstić information content (AvgIpc) is 2.85. The highest BCUT2D eigenvalue weighted by molar-refractivity contribution is 7.80. The minimum absolute atomic E-state index is 0.0179. The molecule has 0 aromatic heterocycles. The predicted octanol–water partition coefficient (Wildman–Crippen LogP) is 3.23. The molecule has 122 valence electrons. The SMILES string of the molecule is COc1ccc(N2C(=O)/C(=C\c3ccc(O)c(F)c3)OC2=S)cc1. The van der Waals surface area contributed by atoms with E-state index in [1.165, 1.54) is 23.1 Å². The second kappa shape index (κ2) is 6.29. The highest BCUT2D eigenvalue weighted by atomic mass is 32.1. The van der Waals surface area contributed by atoms with E-state index in [1.54, 1.807) is 31.4 Å². The number of hydrogen-bond acceptors (Lipinski definition) is 5. The van der Waals surface area contributed by atoms with Crippen molar-refractivity contribution in [2.45, 2.75) is 0 Å². The van der Waals surface area contributed by atoms with Crippen molar-refractivity contribution in [1.82, 2.24) is 0 Å². The number of ether oxygens (including phenoxy) is 2. The summed E-state index contributed by atoms with van der Waals surface area (Å²) in [7, 11) is 1.54. The number of benzene rings is 2. The second-order valence-corrected chi connectivity index (χ2v) is 5.28. The Morgan fingerprint density at radius 3 is 2.58 bits per heavy atom. The number of phenols is 1. The van der Waals surface area contributed by atoms with E-state index in [-0.39, 0.29) is 10.9 Å². The number of thiocarbonyl (C=S) groups is 1. The third-order valence-electron chi connectivity index (χ3n) is 3.39. The number of nitrogens with zero attached hydrogens (tertiary/aromatic N) is 1. The fourth-order valence-electron chi connectivity index (χ4n) is 2.19. The van der Waals surface area contributed by atoms with E-state index >= 15 is 0 Å². The van der Waals surface area contributed by atoms with Gasteiger partial charge in [-0.1, -0.05) is 6.07 Å². The van der Waals surface area contributed by atoms with Crippen LogP contribution in [0.1, 0.15) is 5.56 Å². The number of carbonyl (C=O) groups is 1. The molecule has 0 saturated carbocycles. The van der Waals surface area contributed by atoms with E-state index in [1.807, 2.05) is 0 Å². The smallest absolute Gasteiger partial charge is 0.301 e. The van der Waals surface area contributed by atoms with Gasteiger partial charge in [0.1, 0.15) is 5.75 Å². The summed E-state index contributed by atoms with van der Waals surface area (Å²) < 4.78 is 23.8. The highest BCUT2D eigenvalue weighted by Gasteiger charge is 2.34. The quantitative estimate of drug-likeness (QED) is 0.684. The number of hydrogen-bond donors (Lipinski definition) is 1. The maximum absolute atomic E-state index is 13.4. The maximum Gasteiger partial charge on any atom is 0.301 e. The van der Waals surface area contributed by atoms with E-state index in [9.17, 15) is 14.3 Å². The molecule has 1 aliphatic heterocycles. The first-order chi connectivity index (χ1) is 11.5. The Bertz CT molecular complexity index is 848. The maximum atomic E-state index is 13.4. The van der Waals surface area contributed by atoms with Crippen LogP contribution in [0.15, 0.2) is 48.2 Å². The predicted molar refractivity (Wildman–Crippen MR) is 90.2 cm³/mol. The third kappa shape index (κ3) is 2.93. The Hall–Kier alpha value is -2.93. The van der Waals surface area contributed by atoms with E-state index in [0.29, 0.717) is 17.0 Å². The van der Waals surface area contributed by atoms with Gasteiger partial charge in [-0.15, -0.1) is 0 Å². The molecule has 1 fully saturated rings. The van der Waals surface area contributed by atoms with E-state index in [0.717, 1.165) is 6.07 Å². The van der Waals surface area contributed by atoms with E-state index < -0.39 is 17.5 Å². The number of carbonyl (C=O) groups excluding carboxylic acids is 1. The van der Waals surface area contributed by atoms with Crippen molar-refractivity contribution in [3.63, 3.8) is 0 Å². The number of phenolic OH excluding ortho intramolecular Hbond substituents is 1. The zero-order valence-electron chi connectivity index (χ0n) is 12.5. The zero-order valence-corrected chi connectivity index (χ0v) is 13.3. The lowest BCUT2D eigenvalue weighted by molar-refractivity contribution is -0.114. The van der Waals surface area contributed by atoms with Crippen molar-refractivity contribution in [1.29, 1.82) is 0 Å². The molecule has 0 spiro atoms. The lowest BCUT2D eigenvalue weighted by Gasteiger charge is -2.12. The topological polar surface area (TPSA) is 59.0 Å². The summed E-state index contributed by atoms with van der Waals surface area (Å²) >= 11 is 5.10. The van der Waals surface area contributed by atoms with Gasteiger partial charge in [-0.25, -0.2) is 9.29 Å². The van der Waals surface area contributed by atoms with E-state index in [4.69, 9.17) is 21.7 Å². The van der Waals surface area contributed by atoms with Crippen LogP contribution >= 0.6 is 12.2 Å². The van der Waals surface area contributed by atoms with Gasteiger partial charge in [0, 0.05) is 0 Å². The average molecular weight is 345 g/mol. The largest absolute Gasteiger partial charge is 0.505 e. The molecule has 0 atom stereocenters. The summed E-state index contributed by atoms with van der Waals surface area (Å²) in [5, 5.41) is 9.18. The van der Waals surface area contributed by atoms with Crippen LogP contribution in [-0.2, 0) is 9.53 Å². The lowest BCUT2D eigenvalue weighted by atomic mass is 10.2. The number of anilines is 1. The molecule has 0 bridgehead atoms. The first kappa shape index (κ1) is 15.9. The van der Waals surface area contributed by atoms with E-state index in [2.05, 4.69) is 0 Å². The van der Waals surface area contributed by atoms with Crippen LogP contribution in [0.2, 0.25) is 0 Å². The molecule has 24 heavy (non-hydrogen) atoms. The summed E-state index contributed by atoms with van der Waals surface area (Å²) in [4.78, 5) is 13.7. The first-order valence-electron chi connectivity index (χ1n) is 6.90. The molecular formula is C17H12FNO4S. The molecule has 0 aliphatic carbocycles. The number of methoxy groups -OCH3 is 1. The van der Waals surface area contributed by atoms with Crippen LogP contribution in [0.4, 0.5) is 10.1 Å². The highest BCUT2D eigenvalue weighted by Crippen LogP contribution is 2.28. The molecule has 7 heteroatoms. The number of halogens is 1. The van der Waals surface area contributed by atoms with Crippen molar-refractivity contribution in [2.75, 3.05) is 12.0 Å². The lowest BCUT2D eigenvalue weighted by Crippen LogP contribution is -2.27. The molecule has 0 unspecified atom stereocenters. The normalized spacial score (nSPS) is 15.8. The summed E-state index contributed by atoms with van der Waals surface area (Å²) in [6, 6.07) is 10.5. The number of aromatic hydroxyl groups is 1. The molecule has 2 aromatic rings. The van der Waals surface area contributed by atoms with Gasteiger partial charge in [0.05, 0.1) is 12.8 Å². The Morgan fingerprint density at radius 2 is 1.96 bits per heavy atom. The summed E-state index contributed by atoms with van der Waals surface area (Å²) in [5.41, 5.74) is 0.902. The molecule has 3 rings (SSSR count). The van der Waals surface area contributed by atoms with Gasteiger partial charge in [-0.3, -0.25) is 4.79 Å². The molecule has 1 amide bonds. The Labute approximate surface area is 142 Å². The van der Waals surface area contributed by atoms with Crippen LogP contribution in [0.25, 0.3) is 6.08 Å². The fraction of sp³-hybridized carbons (Fsp3) is 0.0588. The number of rotatable bonds is 3. The molecular weight excluding hydrogens is 333 g/mol. The van der Waals surface area contributed by atoms with Gasteiger partial charge in [0.2, 0.25) is 0 Å². The summed E-state index contributed by atoms with van der Waals surface area (Å²) in [6.45, 7) is 0. The van der Waals surface area contributed by atoms with Crippen LogP contribution < -0.4 is 9.64 Å². The zero-order chi connectivity index (χ0) is 17.3. The minimum atomic E-state index is -0.788. The summed E-state index contributed by atoms with van der Waals surface area (Å²) in [6.07, 6.45) is 1.36. The standard InChI is InChI=1S/C17H12FNO4S/c1-22-12-5-3-11(4-6-12)19-16(21)15(23-17(19)24)9-10-2-7-14(20)13(18)8-10/h2-9,20H,1H3/b15-9+. The molecule has 0 radical (unpaired) electrons. The third-order valence-corrected chi connectivity index (χ3v) is 3.66. The number of amides is 1. The molecule has 2 aromatic carbocycles. The fourth-order valence-corrected chi connectivity index (χ4v) is 2.46. The van der Waals surface area contributed by atoms with Crippen LogP contribution in [0.3, 0.4) is 0 Å². The second-order valence-electron chi connectivity index (χ2n) is 4.93. The Balaban J connectivity index is 1.90. The van der Waals surface area contributed by atoms with Crippen molar-refractivity contribution in [3.05, 3.63) is 59.6 Å². The van der Waals surface area contributed by atoms with Gasteiger partial charge in [-0.2, -0.15) is 0 Å². The Morgan fingerprint density at radius 1 is 1.25 bits per heavy atom. The van der Waals surface area contributed by atoms with Crippen molar-refractivity contribution >= 4 is 35.1 Å². The minimum Gasteiger partial charge on any atom is -0.505 e. The van der Waals surface area contributed by atoms with Gasteiger partial charge < -0.3 is 14.6 Å². The van der Waals surface area contributed by atoms with Gasteiger partial charge in [-0.05, 0) is 60.3 Å². The molecule has 1 heterocycles. The van der Waals surface area contributed by atoms with Crippen LogP contribution in [0, 0.1) is 5.82 Å². The molecule has 1 saturated heterocycles.